The molecular weight excluding hydrogens is 316 g/mol. The van der Waals surface area contributed by atoms with Gasteiger partial charge in [-0.3, -0.25) is 0 Å². The van der Waals surface area contributed by atoms with Crippen molar-refractivity contribution in [1.82, 2.24) is 5.32 Å². The molecule has 0 heterocycles. The Balaban J connectivity index is 3.25. The summed E-state index contributed by atoms with van der Waals surface area (Å²) in [6, 6.07) is 1.42. The first kappa shape index (κ1) is 14.5. The molecule has 0 spiro atoms. The fraction of sp³-hybridized carbons (Fsp3) is 0.400. The standard InChI is InChI=1S/C10H12BrF2NO2S/c1-14-8(5-17(2,15)16)9-7(12)4-3-6(11)10(9)13/h3-4,8,14H,5H2,1-2H3. The molecule has 96 valence electrons. The van der Waals surface area contributed by atoms with Crippen molar-refractivity contribution in [3.8, 4) is 0 Å². The number of rotatable bonds is 4. The highest BCUT2D eigenvalue weighted by molar-refractivity contribution is 9.10. The third-order valence-corrected chi connectivity index (χ3v) is 3.80. The van der Waals surface area contributed by atoms with Gasteiger partial charge in [-0.2, -0.15) is 0 Å². The highest BCUT2D eigenvalue weighted by Gasteiger charge is 2.24. The van der Waals surface area contributed by atoms with Gasteiger partial charge < -0.3 is 5.32 Å². The molecule has 0 aliphatic heterocycles. The fourth-order valence-corrected chi connectivity index (χ4v) is 2.76. The lowest BCUT2D eigenvalue weighted by atomic mass is 10.1. The average Bonchev–Trinajstić information content (AvgIpc) is 2.21. The predicted octanol–water partition coefficient (Wildman–Crippen LogP) is 2.03. The van der Waals surface area contributed by atoms with E-state index in [4.69, 9.17) is 0 Å². The molecule has 0 bridgehead atoms. The van der Waals surface area contributed by atoms with Crippen molar-refractivity contribution >= 4 is 25.8 Å². The van der Waals surface area contributed by atoms with Crippen molar-refractivity contribution < 1.29 is 17.2 Å². The molecule has 1 unspecified atom stereocenters. The van der Waals surface area contributed by atoms with Crippen LogP contribution in [-0.2, 0) is 9.84 Å². The summed E-state index contributed by atoms with van der Waals surface area (Å²) in [6.07, 6.45) is 1.02. The molecule has 0 aromatic heterocycles. The van der Waals surface area contributed by atoms with Crippen LogP contribution in [0.1, 0.15) is 11.6 Å². The van der Waals surface area contributed by atoms with Crippen LogP contribution in [0.15, 0.2) is 16.6 Å². The first-order valence-electron chi connectivity index (χ1n) is 4.74. The van der Waals surface area contributed by atoms with Crippen LogP contribution in [0.3, 0.4) is 0 Å². The molecule has 0 saturated carbocycles. The summed E-state index contributed by atoms with van der Waals surface area (Å²) in [4.78, 5) is 0. The number of benzene rings is 1. The lowest BCUT2D eigenvalue weighted by Crippen LogP contribution is -2.26. The minimum absolute atomic E-state index is 0.0997. The summed E-state index contributed by atoms with van der Waals surface area (Å²) < 4.78 is 49.8. The maximum atomic E-state index is 13.8. The third kappa shape index (κ3) is 3.72. The average molecular weight is 328 g/mol. The monoisotopic (exact) mass is 327 g/mol. The number of sulfone groups is 1. The van der Waals surface area contributed by atoms with Crippen molar-refractivity contribution in [2.24, 2.45) is 0 Å². The number of nitrogens with one attached hydrogen (secondary N) is 1. The zero-order chi connectivity index (χ0) is 13.2. The lowest BCUT2D eigenvalue weighted by molar-refractivity contribution is 0.503. The summed E-state index contributed by atoms with van der Waals surface area (Å²) in [5.74, 6) is -1.92. The summed E-state index contributed by atoms with van der Waals surface area (Å²) in [5, 5.41) is 2.60. The minimum atomic E-state index is -3.34. The molecule has 0 saturated heterocycles. The van der Waals surface area contributed by atoms with Gasteiger partial charge in [0.2, 0.25) is 0 Å². The molecule has 1 aromatic carbocycles. The predicted molar refractivity (Wildman–Crippen MR) is 65.6 cm³/mol. The Morgan fingerprint density at radius 2 is 2.00 bits per heavy atom. The Morgan fingerprint density at radius 3 is 2.47 bits per heavy atom. The molecule has 1 aromatic rings. The van der Waals surface area contributed by atoms with Gasteiger partial charge >= 0.3 is 0 Å². The van der Waals surface area contributed by atoms with Crippen LogP contribution >= 0.6 is 15.9 Å². The molecule has 0 fully saturated rings. The Kier molecular flexibility index (Phi) is 4.62. The maximum Gasteiger partial charge on any atom is 0.149 e. The van der Waals surface area contributed by atoms with Crippen LogP contribution in [0, 0.1) is 11.6 Å². The highest BCUT2D eigenvalue weighted by Crippen LogP contribution is 2.27. The largest absolute Gasteiger partial charge is 0.312 e. The van der Waals surface area contributed by atoms with E-state index in [9.17, 15) is 17.2 Å². The van der Waals surface area contributed by atoms with E-state index >= 15 is 0 Å². The van der Waals surface area contributed by atoms with Gasteiger partial charge in [-0.05, 0) is 35.1 Å². The Morgan fingerprint density at radius 1 is 1.41 bits per heavy atom. The molecule has 0 aliphatic rings. The van der Waals surface area contributed by atoms with E-state index in [2.05, 4.69) is 21.2 Å². The van der Waals surface area contributed by atoms with Gasteiger partial charge in [0, 0.05) is 11.8 Å². The van der Waals surface area contributed by atoms with Gasteiger partial charge in [-0.1, -0.05) is 0 Å². The van der Waals surface area contributed by atoms with E-state index in [-0.39, 0.29) is 15.8 Å². The van der Waals surface area contributed by atoms with Crippen molar-refractivity contribution in [3.63, 3.8) is 0 Å². The summed E-state index contributed by atoms with van der Waals surface area (Å²) in [5.41, 5.74) is -0.271. The van der Waals surface area contributed by atoms with Crippen molar-refractivity contribution in [1.29, 1.82) is 0 Å². The van der Waals surface area contributed by atoms with E-state index in [1.54, 1.807) is 0 Å². The van der Waals surface area contributed by atoms with Gasteiger partial charge in [-0.15, -0.1) is 0 Å². The van der Waals surface area contributed by atoms with E-state index < -0.39 is 27.5 Å². The highest BCUT2D eigenvalue weighted by atomic mass is 79.9. The molecule has 0 aliphatic carbocycles. The number of halogens is 3. The first-order chi connectivity index (χ1) is 7.76. The van der Waals surface area contributed by atoms with E-state index in [0.29, 0.717) is 0 Å². The van der Waals surface area contributed by atoms with Crippen LogP contribution in [0.25, 0.3) is 0 Å². The molecule has 0 amide bonds. The summed E-state index contributed by atoms with van der Waals surface area (Å²) >= 11 is 2.94. The SMILES string of the molecule is CNC(CS(C)(=O)=O)c1c(F)ccc(Br)c1F. The minimum Gasteiger partial charge on any atom is -0.312 e. The van der Waals surface area contributed by atoms with Crippen molar-refractivity contribution in [2.45, 2.75) is 6.04 Å². The zero-order valence-electron chi connectivity index (χ0n) is 9.30. The topological polar surface area (TPSA) is 46.2 Å². The normalized spacial score (nSPS) is 13.7. The zero-order valence-corrected chi connectivity index (χ0v) is 11.7. The van der Waals surface area contributed by atoms with Gasteiger partial charge in [0.15, 0.2) is 0 Å². The molecule has 1 N–H and O–H groups in total. The van der Waals surface area contributed by atoms with Crippen LogP contribution < -0.4 is 5.32 Å². The maximum absolute atomic E-state index is 13.8. The van der Waals surface area contributed by atoms with Crippen LogP contribution in [-0.4, -0.2) is 27.5 Å². The van der Waals surface area contributed by atoms with Crippen LogP contribution in [0.2, 0.25) is 0 Å². The smallest absolute Gasteiger partial charge is 0.149 e. The number of hydrogen-bond donors (Lipinski definition) is 1. The van der Waals surface area contributed by atoms with Gasteiger partial charge in [-0.25, -0.2) is 17.2 Å². The number of hydrogen-bond acceptors (Lipinski definition) is 3. The van der Waals surface area contributed by atoms with Gasteiger partial charge in [0.05, 0.1) is 16.3 Å². The van der Waals surface area contributed by atoms with E-state index in [1.165, 1.54) is 13.1 Å². The molecule has 7 heteroatoms. The Bertz CT molecular complexity index is 519. The second-order valence-corrected chi connectivity index (χ2v) is 6.73. The molecule has 1 atom stereocenters. The summed E-state index contributed by atoms with van der Waals surface area (Å²) in [7, 11) is -1.89. The lowest BCUT2D eigenvalue weighted by Gasteiger charge is -2.17. The quantitative estimate of drug-likeness (QED) is 0.861. The molecule has 0 radical (unpaired) electrons. The summed E-state index contributed by atoms with van der Waals surface area (Å²) in [6.45, 7) is 0. The molecule has 17 heavy (non-hydrogen) atoms. The first-order valence-corrected chi connectivity index (χ1v) is 7.60. The van der Waals surface area contributed by atoms with Crippen LogP contribution in [0.4, 0.5) is 8.78 Å². The fourth-order valence-electron chi connectivity index (χ4n) is 1.48. The molecular formula is C10H12BrF2NO2S. The van der Waals surface area contributed by atoms with Crippen molar-refractivity contribution in [2.75, 3.05) is 19.1 Å². The second-order valence-electron chi connectivity index (χ2n) is 3.69. The second kappa shape index (κ2) is 5.41. The van der Waals surface area contributed by atoms with Crippen LogP contribution in [0.5, 0.6) is 0 Å². The van der Waals surface area contributed by atoms with E-state index in [0.717, 1.165) is 12.3 Å². The van der Waals surface area contributed by atoms with Gasteiger partial charge in [0.1, 0.15) is 21.5 Å². The Labute approximate surface area is 107 Å². The van der Waals surface area contributed by atoms with Crippen molar-refractivity contribution in [3.05, 3.63) is 33.8 Å². The third-order valence-electron chi connectivity index (χ3n) is 2.25. The van der Waals surface area contributed by atoms with E-state index in [1.807, 2.05) is 0 Å². The van der Waals surface area contributed by atoms with Gasteiger partial charge in [0.25, 0.3) is 0 Å². The Hall–Kier alpha value is -0.530. The molecule has 3 nitrogen and oxygen atoms in total. The molecule has 1 rings (SSSR count).